The van der Waals surface area contributed by atoms with Crippen LogP contribution in [-0.4, -0.2) is 35.2 Å². The Morgan fingerprint density at radius 3 is 2.26 bits per heavy atom. The smallest absolute Gasteiger partial charge is 0.262 e. The van der Waals surface area contributed by atoms with Gasteiger partial charge in [0.25, 0.3) is 5.91 Å². The Labute approximate surface area is 203 Å². The van der Waals surface area contributed by atoms with Crippen LogP contribution in [0.2, 0.25) is 5.02 Å². The summed E-state index contributed by atoms with van der Waals surface area (Å²) in [5.41, 5.74) is 1.33. The van der Waals surface area contributed by atoms with Crippen molar-refractivity contribution in [3.8, 4) is 17.2 Å². The second-order valence-electron chi connectivity index (χ2n) is 7.25. The van der Waals surface area contributed by atoms with Gasteiger partial charge in [-0.3, -0.25) is 4.79 Å². The van der Waals surface area contributed by atoms with Crippen molar-refractivity contribution in [2.24, 2.45) is 0 Å². The lowest BCUT2D eigenvalue weighted by Gasteiger charge is -2.15. The van der Waals surface area contributed by atoms with Gasteiger partial charge in [-0.25, -0.2) is 13.1 Å². The van der Waals surface area contributed by atoms with Gasteiger partial charge < -0.3 is 19.5 Å². The van der Waals surface area contributed by atoms with Crippen LogP contribution in [0, 0.1) is 0 Å². The summed E-state index contributed by atoms with van der Waals surface area (Å²) in [5.74, 6) is 0.750. The average Bonchev–Trinajstić information content (AvgIpc) is 2.83. The predicted molar refractivity (Wildman–Crippen MR) is 130 cm³/mol. The molecule has 0 saturated heterocycles. The normalized spacial score (nSPS) is 12.0. The van der Waals surface area contributed by atoms with Gasteiger partial charge in [-0.05, 0) is 42.8 Å². The van der Waals surface area contributed by atoms with E-state index in [4.69, 9.17) is 25.8 Å². The van der Waals surface area contributed by atoms with Gasteiger partial charge in [0.15, 0.2) is 18.1 Å². The zero-order chi connectivity index (χ0) is 24.7. The van der Waals surface area contributed by atoms with Crippen molar-refractivity contribution in [2.45, 2.75) is 17.9 Å². The minimum atomic E-state index is -3.82. The molecule has 1 atom stereocenters. The van der Waals surface area contributed by atoms with Crippen LogP contribution >= 0.6 is 11.6 Å². The lowest BCUT2D eigenvalue weighted by Crippen LogP contribution is -2.27. The van der Waals surface area contributed by atoms with Crippen LogP contribution in [0.25, 0.3) is 0 Å². The van der Waals surface area contributed by atoms with E-state index in [1.807, 2.05) is 30.3 Å². The number of anilines is 1. The van der Waals surface area contributed by atoms with E-state index in [1.165, 1.54) is 32.4 Å². The molecule has 10 heteroatoms. The van der Waals surface area contributed by atoms with Crippen LogP contribution in [-0.2, 0) is 14.8 Å². The molecule has 0 aliphatic rings. The van der Waals surface area contributed by atoms with Gasteiger partial charge in [-0.1, -0.05) is 41.9 Å². The number of hydrogen-bond donors (Lipinski definition) is 2. The first-order chi connectivity index (χ1) is 16.2. The number of carbonyl (C=O) groups is 1. The predicted octanol–water partition coefficient (Wildman–Crippen LogP) is 4.41. The van der Waals surface area contributed by atoms with Crippen LogP contribution in [0.3, 0.4) is 0 Å². The first kappa shape index (κ1) is 25.4. The largest absolute Gasteiger partial charge is 0.493 e. The van der Waals surface area contributed by atoms with Crippen molar-refractivity contribution in [1.29, 1.82) is 0 Å². The average molecular weight is 505 g/mol. The van der Waals surface area contributed by atoms with E-state index in [-0.39, 0.29) is 22.3 Å². The molecule has 0 aliphatic heterocycles. The highest BCUT2D eigenvalue weighted by Gasteiger charge is 2.20. The van der Waals surface area contributed by atoms with Crippen LogP contribution in [0.1, 0.15) is 18.5 Å². The highest BCUT2D eigenvalue weighted by molar-refractivity contribution is 7.89. The molecule has 0 saturated carbocycles. The number of sulfonamides is 1. The van der Waals surface area contributed by atoms with E-state index in [0.29, 0.717) is 17.2 Å². The van der Waals surface area contributed by atoms with Crippen molar-refractivity contribution >= 4 is 33.2 Å². The number of methoxy groups -OCH3 is 2. The van der Waals surface area contributed by atoms with E-state index in [0.717, 1.165) is 5.56 Å². The number of rotatable bonds is 10. The maximum absolute atomic E-state index is 12.8. The third-order valence-electron chi connectivity index (χ3n) is 4.87. The standard InChI is InChI=1S/C24H25ClN2O6S/c1-16(17-7-5-4-6-8-17)27-34(29,30)19-10-12-21(20(25)14-19)33-15-24(28)26-18-9-11-22(31-2)23(13-18)32-3/h4-14,16,27H,15H2,1-3H3,(H,26,28)/t16-/m1/s1. The first-order valence-electron chi connectivity index (χ1n) is 10.2. The summed E-state index contributed by atoms with van der Waals surface area (Å²) < 4.78 is 44.0. The summed E-state index contributed by atoms with van der Waals surface area (Å²) >= 11 is 6.23. The third kappa shape index (κ3) is 6.40. The molecule has 34 heavy (non-hydrogen) atoms. The number of nitrogens with one attached hydrogen (secondary N) is 2. The molecule has 3 rings (SSSR count). The van der Waals surface area contributed by atoms with Crippen LogP contribution < -0.4 is 24.2 Å². The summed E-state index contributed by atoms with van der Waals surface area (Å²) in [6.07, 6.45) is 0. The highest BCUT2D eigenvalue weighted by atomic mass is 35.5. The Balaban J connectivity index is 1.62. The Kier molecular flexibility index (Phi) is 8.38. The Hall–Kier alpha value is -3.27. The van der Waals surface area contributed by atoms with E-state index < -0.39 is 22.0 Å². The zero-order valence-corrected chi connectivity index (χ0v) is 20.4. The second-order valence-corrected chi connectivity index (χ2v) is 9.37. The molecule has 0 spiro atoms. The summed E-state index contributed by atoms with van der Waals surface area (Å²) in [4.78, 5) is 12.3. The van der Waals surface area contributed by atoms with Crippen molar-refractivity contribution < 1.29 is 27.4 Å². The van der Waals surface area contributed by atoms with E-state index in [9.17, 15) is 13.2 Å². The molecule has 3 aromatic rings. The fourth-order valence-electron chi connectivity index (χ4n) is 3.13. The number of benzene rings is 3. The van der Waals surface area contributed by atoms with E-state index in [2.05, 4.69) is 10.0 Å². The summed E-state index contributed by atoms with van der Waals surface area (Å²) in [7, 11) is -0.808. The zero-order valence-electron chi connectivity index (χ0n) is 18.9. The monoisotopic (exact) mass is 504 g/mol. The maximum atomic E-state index is 12.8. The number of carbonyl (C=O) groups excluding carboxylic acids is 1. The second kappa shape index (κ2) is 11.2. The van der Waals surface area contributed by atoms with Crippen LogP contribution in [0.15, 0.2) is 71.6 Å². The van der Waals surface area contributed by atoms with Crippen molar-refractivity contribution in [3.63, 3.8) is 0 Å². The Morgan fingerprint density at radius 2 is 1.62 bits per heavy atom. The molecule has 0 aromatic heterocycles. The summed E-state index contributed by atoms with van der Waals surface area (Å²) in [5, 5.41) is 2.75. The molecule has 2 N–H and O–H groups in total. The molecule has 3 aromatic carbocycles. The molecule has 1 amide bonds. The maximum Gasteiger partial charge on any atom is 0.262 e. The molecule has 0 fully saturated rings. The quantitative estimate of drug-likeness (QED) is 0.424. The first-order valence-corrected chi connectivity index (χ1v) is 12.1. The summed E-state index contributed by atoms with van der Waals surface area (Å²) in [6, 6.07) is 17.8. The molecular formula is C24H25ClN2O6S. The Bertz CT molecular complexity index is 1250. The number of amides is 1. The molecule has 0 heterocycles. The lowest BCUT2D eigenvalue weighted by molar-refractivity contribution is -0.118. The molecule has 180 valence electrons. The van der Waals surface area contributed by atoms with Gasteiger partial charge in [-0.15, -0.1) is 0 Å². The van der Waals surface area contributed by atoms with Gasteiger partial charge >= 0.3 is 0 Å². The summed E-state index contributed by atoms with van der Waals surface area (Å²) in [6.45, 7) is 1.42. The minimum Gasteiger partial charge on any atom is -0.493 e. The fraction of sp³-hybridized carbons (Fsp3) is 0.208. The number of halogens is 1. The topological polar surface area (TPSA) is 103 Å². The van der Waals surface area contributed by atoms with Gasteiger partial charge in [0.1, 0.15) is 5.75 Å². The van der Waals surface area contributed by atoms with Crippen molar-refractivity contribution in [2.75, 3.05) is 26.1 Å². The van der Waals surface area contributed by atoms with E-state index >= 15 is 0 Å². The third-order valence-corrected chi connectivity index (χ3v) is 6.70. The lowest BCUT2D eigenvalue weighted by atomic mass is 10.1. The van der Waals surface area contributed by atoms with Crippen LogP contribution in [0.4, 0.5) is 5.69 Å². The molecule has 0 radical (unpaired) electrons. The molecule has 8 nitrogen and oxygen atoms in total. The van der Waals surface area contributed by atoms with Gasteiger partial charge in [0, 0.05) is 17.8 Å². The molecular weight excluding hydrogens is 480 g/mol. The van der Waals surface area contributed by atoms with Crippen molar-refractivity contribution in [1.82, 2.24) is 4.72 Å². The highest BCUT2D eigenvalue weighted by Crippen LogP contribution is 2.30. The fourth-order valence-corrected chi connectivity index (χ4v) is 4.69. The van der Waals surface area contributed by atoms with E-state index in [1.54, 1.807) is 25.1 Å². The molecule has 0 bridgehead atoms. The number of hydrogen-bond acceptors (Lipinski definition) is 6. The SMILES string of the molecule is COc1ccc(NC(=O)COc2ccc(S(=O)(=O)N[C@H](C)c3ccccc3)cc2Cl)cc1OC. The number of ether oxygens (including phenoxy) is 3. The minimum absolute atomic E-state index is 0.0117. The van der Waals surface area contributed by atoms with Crippen molar-refractivity contribution in [3.05, 3.63) is 77.3 Å². The van der Waals surface area contributed by atoms with Gasteiger partial charge in [0.05, 0.1) is 24.1 Å². The van der Waals surface area contributed by atoms with Gasteiger partial charge in [-0.2, -0.15) is 0 Å². The van der Waals surface area contributed by atoms with Crippen LogP contribution in [0.5, 0.6) is 17.2 Å². The van der Waals surface area contributed by atoms with Gasteiger partial charge in [0.2, 0.25) is 10.0 Å². The molecule has 0 unspecified atom stereocenters. The molecule has 0 aliphatic carbocycles. The Morgan fingerprint density at radius 1 is 0.941 bits per heavy atom.